The topological polar surface area (TPSA) is 122 Å². The summed E-state index contributed by atoms with van der Waals surface area (Å²) in [5, 5.41) is 12.3. The molecule has 0 aliphatic carbocycles. The normalized spacial score (nSPS) is 10.7. The maximum absolute atomic E-state index is 12.6. The number of carbonyl (C=O) groups excluding carboxylic acids is 3. The van der Waals surface area contributed by atoms with Crippen LogP contribution >= 0.6 is 34.7 Å². The Hall–Kier alpha value is -3.09. The second-order valence-electron chi connectivity index (χ2n) is 7.24. The van der Waals surface area contributed by atoms with Crippen LogP contribution in [0.5, 0.6) is 5.75 Å². The lowest BCUT2D eigenvalue weighted by Crippen LogP contribution is -2.16. The predicted octanol–water partition coefficient (Wildman–Crippen LogP) is 4.03. The van der Waals surface area contributed by atoms with E-state index >= 15 is 0 Å². The molecule has 0 aliphatic heterocycles. The van der Waals surface area contributed by atoms with Crippen LogP contribution in [0.4, 0.5) is 5.00 Å². The molecule has 2 aromatic heterocycles. The Bertz CT molecular complexity index is 1270. The number of esters is 2. The van der Waals surface area contributed by atoms with E-state index in [2.05, 4.69) is 15.5 Å². The van der Waals surface area contributed by atoms with Crippen LogP contribution in [0.25, 0.3) is 0 Å². The van der Waals surface area contributed by atoms with Crippen molar-refractivity contribution in [3.63, 3.8) is 0 Å². The zero-order chi connectivity index (χ0) is 25.7. The van der Waals surface area contributed by atoms with Crippen molar-refractivity contribution in [2.24, 2.45) is 7.05 Å². The SMILES string of the molecule is COC(=O)c1sc(NC(=O)CSc2nnc(COc3ccc(Cl)cc3C)n2C)c(C(=O)OC)c1C. The molecule has 0 saturated carbocycles. The summed E-state index contributed by atoms with van der Waals surface area (Å²) in [5.41, 5.74) is 1.40. The number of nitrogens with zero attached hydrogens (tertiary/aromatic N) is 3. The summed E-state index contributed by atoms with van der Waals surface area (Å²) in [6.07, 6.45) is 0. The standard InChI is InChI=1S/C22H23ClN4O6S2/c1-11-8-13(23)6-7-14(11)33-9-15-25-26-22(27(15)3)34-10-16(28)24-19-17(20(29)31-4)12(2)18(35-19)21(30)32-5/h6-8H,9-10H2,1-5H3,(H,24,28). The van der Waals surface area contributed by atoms with Gasteiger partial charge in [0.05, 0.1) is 25.5 Å². The minimum Gasteiger partial charge on any atom is -0.485 e. The molecule has 13 heteroatoms. The number of thiophene rings is 1. The van der Waals surface area contributed by atoms with E-state index in [1.54, 1.807) is 30.7 Å². The Morgan fingerprint density at radius 1 is 1.14 bits per heavy atom. The van der Waals surface area contributed by atoms with Gasteiger partial charge in [0.25, 0.3) is 0 Å². The maximum atomic E-state index is 12.6. The Morgan fingerprint density at radius 2 is 1.86 bits per heavy atom. The number of hydrogen-bond acceptors (Lipinski definition) is 10. The van der Waals surface area contributed by atoms with Gasteiger partial charge in [0.1, 0.15) is 22.2 Å². The maximum Gasteiger partial charge on any atom is 0.348 e. The molecular weight excluding hydrogens is 516 g/mol. The van der Waals surface area contributed by atoms with Crippen molar-refractivity contribution in [1.82, 2.24) is 14.8 Å². The van der Waals surface area contributed by atoms with Crippen molar-refractivity contribution in [1.29, 1.82) is 0 Å². The van der Waals surface area contributed by atoms with Crippen molar-refractivity contribution in [3.8, 4) is 5.75 Å². The van der Waals surface area contributed by atoms with Crippen LogP contribution in [0, 0.1) is 13.8 Å². The molecule has 1 amide bonds. The number of aryl methyl sites for hydroxylation is 1. The number of methoxy groups -OCH3 is 2. The molecule has 1 N–H and O–H groups in total. The summed E-state index contributed by atoms with van der Waals surface area (Å²) >= 11 is 8.09. The van der Waals surface area contributed by atoms with E-state index in [1.165, 1.54) is 14.2 Å². The molecule has 0 spiro atoms. The second kappa shape index (κ2) is 11.6. The molecule has 3 rings (SSSR count). The fraction of sp³-hybridized carbons (Fsp3) is 0.318. The number of thioether (sulfide) groups is 1. The Balaban J connectivity index is 1.65. The predicted molar refractivity (Wildman–Crippen MR) is 133 cm³/mol. The number of rotatable bonds is 9. The highest BCUT2D eigenvalue weighted by molar-refractivity contribution is 7.99. The number of amides is 1. The van der Waals surface area contributed by atoms with Gasteiger partial charge in [-0.25, -0.2) is 9.59 Å². The minimum atomic E-state index is -0.661. The zero-order valence-corrected chi connectivity index (χ0v) is 22.0. The van der Waals surface area contributed by atoms with E-state index in [0.717, 1.165) is 28.7 Å². The summed E-state index contributed by atoms with van der Waals surface area (Å²) in [7, 11) is 4.24. The van der Waals surface area contributed by atoms with Gasteiger partial charge < -0.3 is 24.1 Å². The molecule has 2 heterocycles. The van der Waals surface area contributed by atoms with Crippen LogP contribution in [0.1, 0.15) is 37.0 Å². The molecule has 3 aromatic rings. The van der Waals surface area contributed by atoms with Gasteiger partial charge >= 0.3 is 11.9 Å². The number of halogens is 1. The van der Waals surface area contributed by atoms with E-state index in [4.69, 9.17) is 25.8 Å². The number of carbonyl (C=O) groups is 3. The van der Waals surface area contributed by atoms with Gasteiger partial charge in [-0.2, -0.15) is 0 Å². The molecule has 0 radical (unpaired) electrons. The average Bonchev–Trinajstić information content (AvgIpc) is 3.34. The van der Waals surface area contributed by atoms with Crippen LogP contribution in [-0.4, -0.2) is 52.6 Å². The Morgan fingerprint density at radius 3 is 2.51 bits per heavy atom. The molecule has 10 nitrogen and oxygen atoms in total. The third-order valence-corrected chi connectivity index (χ3v) is 7.35. The zero-order valence-electron chi connectivity index (χ0n) is 19.6. The molecule has 0 atom stereocenters. The second-order valence-corrected chi connectivity index (χ2v) is 9.64. The third kappa shape index (κ3) is 6.13. The van der Waals surface area contributed by atoms with Gasteiger partial charge in [-0.1, -0.05) is 23.4 Å². The van der Waals surface area contributed by atoms with E-state index in [0.29, 0.717) is 27.3 Å². The van der Waals surface area contributed by atoms with Gasteiger partial charge in [-0.05, 0) is 43.2 Å². The molecule has 186 valence electrons. The van der Waals surface area contributed by atoms with E-state index in [1.807, 2.05) is 13.0 Å². The van der Waals surface area contributed by atoms with Crippen LogP contribution in [0.15, 0.2) is 23.4 Å². The van der Waals surface area contributed by atoms with Gasteiger partial charge in [-0.15, -0.1) is 21.5 Å². The summed E-state index contributed by atoms with van der Waals surface area (Å²) in [4.78, 5) is 37.1. The first-order valence-corrected chi connectivity index (χ1v) is 12.3. The molecule has 0 fully saturated rings. The lowest BCUT2D eigenvalue weighted by Gasteiger charge is -2.09. The smallest absolute Gasteiger partial charge is 0.348 e. The molecule has 0 bridgehead atoms. The number of anilines is 1. The summed E-state index contributed by atoms with van der Waals surface area (Å²) in [6, 6.07) is 5.34. The van der Waals surface area contributed by atoms with E-state index in [-0.39, 0.29) is 27.8 Å². The Kier molecular flexibility index (Phi) is 8.76. The number of aromatic nitrogens is 3. The van der Waals surface area contributed by atoms with Crippen LogP contribution in [-0.2, 0) is 27.9 Å². The fourth-order valence-electron chi connectivity index (χ4n) is 3.04. The van der Waals surface area contributed by atoms with E-state index in [9.17, 15) is 14.4 Å². The highest BCUT2D eigenvalue weighted by atomic mass is 35.5. The lowest BCUT2D eigenvalue weighted by atomic mass is 10.1. The summed E-state index contributed by atoms with van der Waals surface area (Å²) in [6.45, 7) is 3.67. The molecule has 0 aliphatic rings. The average molecular weight is 539 g/mol. The highest BCUT2D eigenvalue weighted by Crippen LogP contribution is 2.34. The van der Waals surface area contributed by atoms with Gasteiger partial charge in [0.15, 0.2) is 11.0 Å². The van der Waals surface area contributed by atoms with Crippen LogP contribution < -0.4 is 10.1 Å². The van der Waals surface area contributed by atoms with Crippen LogP contribution in [0.3, 0.4) is 0 Å². The van der Waals surface area contributed by atoms with Crippen molar-refractivity contribution < 1.29 is 28.6 Å². The van der Waals surface area contributed by atoms with Crippen molar-refractivity contribution in [2.45, 2.75) is 25.6 Å². The first kappa shape index (κ1) is 26.5. The summed E-state index contributed by atoms with van der Waals surface area (Å²) < 4.78 is 17.1. The first-order chi connectivity index (χ1) is 16.7. The number of ether oxygens (including phenoxy) is 3. The quantitative estimate of drug-likeness (QED) is 0.318. The van der Waals surface area contributed by atoms with Crippen LogP contribution in [0.2, 0.25) is 5.02 Å². The molecule has 0 unspecified atom stereocenters. The minimum absolute atomic E-state index is 0.00571. The molecule has 1 aromatic carbocycles. The summed E-state index contributed by atoms with van der Waals surface area (Å²) in [5.74, 6) is -0.401. The fourth-order valence-corrected chi connectivity index (χ4v) is 5.13. The van der Waals surface area contributed by atoms with Gasteiger partial charge in [0, 0.05) is 12.1 Å². The number of benzene rings is 1. The monoisotopic (exact) mass is 538 g/mol. The van der Waals surface area contributed by atoms with Gasteiger partial charge in [0.2, 0.25) is 5.91 Å². The van der Waals surface area contributed by atoms with E-state index < -0.39 is 17.8 Å². The largest absolute Gasteiger partial charge is 0.485 e. The lowest BCUT2D eigenvalue weighted by molar-refractivity contribution is -0.113. The Labute approximate surface area is 214 Å². The van der Waals surface area contributed by atoms with Crippen molar-refractivity contribution >= 4 is 57.5 Å². The van der Waals surface area contributed by atoms with Gasteiger partial charge in [-0.3, -0.25) is 4.79 Å². The molecule has 0 saturated heterocycles. The number of nitrogens with one attached hydrogen (secondary N) is 1. The molecule has 35 heavy (non-hydrogen) atoms. The molecular formula is C22H23ClN4O6S2. The van der Waals surface area contributed by atoms with Crippen molar-refractivity contribution in [3.05, 3.63) is 50.6 Å². The first-order valence-electron chi connectivity index (χ1n) is 10.2. The van der Waals surface area contributed by atoms with Crippen molar-refractivity contribution in [2.75, 3.05) is 25.3 Å². The third-order valence-electron chi connectivity index (χ3n) is 4.91. The highest BCUT2D eigenvalue weighted by Gasteiger charge is 2.27. The number of hydrogen-bond donors (Lipinski definition) is 1.